The smallest absolute Gasteiger partial charge is 0.323 e. The zero-order valence-electron chi connectivity index (χ0n) is 22.4. The van der Waals surface area contributed by atoms with Crippen LogP contribution in [0.15, 0.2) is 0 Å². The second-order valence-electron chi connectivity index (χ2n) is 13.2. The molecule has 4 aliphatic rings. The summed E-state index contributed by atoms with van der Waals surface area (Å²) in [7, 11) is 0. The van der Waals surface area contributed by atoms with Gasteiger partial charge in [0.15, 0.2) is 0 Å². The van der Waals surface area contributed by atoms with Gasteiger partial charge in [0.2, 0.25) is 0 Å². The second kappa shape index (κ2) is 10.6. The lowest BCUT2D eigenvalue weighted by Crippen LogP contribution is -2.54. The van der Waals surface area contributed by atoms with Gasteiger partial charge in [0.05, 0.1) is 0 Å². The molecule has 0 aliphatic heterocycles. The first-order chi connectivity index (χ1) is 17.0. The standard InChI is InChI=1S/C29H47NO6/c1-17(4-10-25(31)32)21-7-8-22-20-6-5-18-16-19(36-27(35)24(30)9-11-26(33)34)12-14-28(18,2)23(20)13-15-29(21,22)3/h17-24H,4-16,30H2,1-3H3,(H,31,32)(H,33,34)/t17-,18-,19+,20+,21?,22?,23?,24+,28+,29-/m1/s1. The lowest BCUT2D eigenvalue weighted by molar-refractivity contribution is -0.164. The predicted octanol–water partition coefficient (Wildman–Crippen LogP) is 5.25. The number of fused-ring (bicyclic) bond motifs is 5. The molecule has 0 heterocycles. The van der Waals surface area contributed by atoms with E-state index in [2.05, 4.69) is 20.8 Å². The number of hydrogen-bond acceptors (Lipinski definition) is 5. The van der Waals surface area contributed by atoms with Crippen molar-refractivity contribution in [2.45, 2.75) is 116 Å². The fourth-order valence-electron chi connectivity index (χ4n) is 9.50. The maximum absolute atomic E-state index is 12.4. The average Bonchev–Trinajstić information content (AvgIpc) is 3.18. The van der Waals surface area contributed by atoms with Crippen LogP contribution in [0.2, 0.25) is 0 Å². The van der Waals surface area contributed by atoms with E-state index in [0.717, 1.165) is 43.4 Å². The van der Waals surface area contributed by atoms with Crippen LogP contribution in [0.3, 0.4) is 0 Å². The van der Waals surface area contributed by atoms with Gasteiger partial charge in [-0.2, -0.15) is 0 Å². The molecule has 204 valence electrons. The van der Waals surface area contributed by atoms with Gasteiger partial charge in [-0.15, -0.1) is 0 Å². The Hall–Kier alpha value is -1.63. The Morgan fingerprint density at radius 3 is 2.22 bits per heavy atom. The van der Waals surface area contributed by atoms with Crippen LogP contribution in [0.25, 0.3) is 0 Å². The number of ether oxygens (including phenoxy) is 1. The number of carbonyl (C=O) groups is 3. The van der Waals surface area contributed by atoms with E-state index in [-0.39, 0.29) is 30.8 Å². The molecule has 0 aromatic carbocycles. The number of esters is 1. The Kier molecular flexibility index (Phi) is 8.09. The van der Waals surface area contributed by atoms with Crippen LogP contribution in [0.4, 0.5) is 0 Å². The zero-order valence-corrected chi connectivity index (χ0v) is 22.4. The molecule has 7 heteroatoms. The fraction of sp³-hybridized carbons (Fsp3) is 0.897. The highest BCUT2D eigenvalue weighted by atomic mass is 16.5. The van der Waals surface area contributed by atoms with Crippen molar-refractivity contribution in [2.24, 2.45) is 52.1 Å². The number of hydrogen-bond donors (Lipinski definition) is 3. The Bertz CT molecular complexity index is 846. The minimum absolute atomic E-state index is 0.109. The molecule has 0 aromatic heterocycles. The molecule has 0 spiro atoms. The van der Waals surface area contributed by atoms with Gasteiger partial charge >= 0.3 is 17.9 Å². The van der Waals surface area contributed by atoms with Crippen molar-refractivity contribution in [1.29, 1.82) is 0 Å². The van der Waals surface area contributed by atoms with Gasteiger partial charge in [-0.25, -0.2) is 0 Å². The SMILES string of the molecule is C[C@H](CCC(=O)O)C1CCC2[C@@H]3CC[C@@H]4C[C@@H](OC(=O)[C@@H](N)CCC(=O)O)CC[C@]4(C)C3CC[C@@]21C. The topological polar surface area (TPSA) is 127 Å². The van der Waals surface area contributed by atoms with Crippen LogP contribution in [0.5, 0.6) is 0 Å². The summed E-state index contributed by atoms with van der Waals surface area (Å²) >= 11 is 0. The summed E-state index contributed by atoms with van der Waals surface area (Å²) in [6.07, 6.45) is 11.3. The van der Waals surface area contributed by atoms with E-state index in [4.69, 9.17) is 15.6 Å². The highest BCUT2D eigenvalue weighted by Crippen LogP contribution is 2.68. The first-order valence-corrected chi connectivity index (χ1v) is 14.4. The third-order valence-electron chi connectivity index (χ3n) is 11.4. The fourth-order valence-corrected chi connectivity index (χ4v) is 9.50. The third-order valence-corrected chi connectivity index (χ3v) is 11.4. The van der Waals surface area contributed by atoms with Crippen LogP contribution in [0, 0.1) is 46.3 Å². The molecule has 4 N–H and O–H groups in total. The number of carboxylic acids is 2. The van der Waals surface area contributed by atoms with E-state index in [1.54, 1.807) is 0 Å². The second-order valence-corrected chi connectivity index (χ2v) is 13.2. The van der Waals surface area contributed by atoms with Gasteiger partial charge in [-0.05, 0) is 117 Å². The summed E-state index contributed by atoms with van der Waals surface area (Å²) in [4.78, 5) is 34.4. The molecular formula is C29H47NO6. The monoisotopic (exact) mass is 505 g/mol. The number of carbonyl (C=O) groups excluding carboxylic acids is 1. The highest BCUT2D eigenvalue weighted by Gasteiger charge is 2.60. The van der Waals surface area contributed by atoms with Crippen molar-refractivity contribution in [3.05, 3.63) is 0 Å². The Morgan fingerprint density at radius 1 is 0.889 bits per heavy atom. The Balaban J connectivity index is 1.37. The van der Waals surface area contributed by atoms with Crippen molar-refractivity contribution in [2.75, 3.05) is 0 Å². The number of aliphatic carboxylic acids is 2. The summed E-state index contributed by atoms with van der Waals surface area (Å²) < 4.78 is 5.78. The molecule has 4 aliphatic carbocycles. The summed E-state index contributed by atoms with van der Waals surface area (Å²) in [5.41, 5.74) is 6.51. The summed E-state index contributed by atoms with van der Waals surface area (Å²) in [5.74, 6) is 1.78. The molecule has 36 heavy (non-hydrogen) atoms. The zero-order chi connectivity index (χ0) is 26.3. The summed E-state index contributed by atoms with van der Waals surface area (Å²) in [6.45, 7) is 7.29. The van der Waals surface area contributed by atoms with Crippen LogP contribution in [-0.2, 0) is 19.1 Å². The van der Waals surface area contributed by atoms with Crippen LogP contribution < -0.4 is 5.73 Å². The first-order valence-electron chi connectivity index (χ1n) is 14.4. The summed E-state index contributed by atoms with van der Waals surface area (Å²) in [5, 5.41) is 18.0. The maximum Gasteiger partial charge on any atom is 0.323 e. The molecule has 0 bridgehead atoms. The van der Waals surface area contributed by atoms with E-state index in [9.17, 15) is 19.5 Å². The maximum atomic E-state index is 12.4. The van der Waals surface area contributed by atoms with Gasteiger partial charge in [-0.1, -0.05) is 20.8 Å². The Morgan fingerprint density at radius 2 is 1.53 bits per heavy atom. The van der Waals surface area contributed by atoms with E-state index in [1.807, 2.05) is 0 Å². The minimum Gasteiger partial charge on any atom is -0.481 e. The molecule has 10 atom stereocenters. The van der Waals surface area contributed by atoms with Crippen LogP contribution >= 0.6 is 0 Å². The average molecular weight is 506 g/mol. The molecule has 7 nitrogen and oxygen atoms in total. The van der Waals surface area contributed by atoms with E-state index >= 15 is 0 Å². The minimum atomic E-state index is -0.949. The molecule has 4 rings (SSSR count). The van der Waals surface area contributed by atoms with Crippen molar-refractivity contribution >= 4 is 17.9 Å². The molecule has 0 saturated heterocycles. The number of nitrogens with two attached hydrogens (primary N) is 1. The normalized spacial score (nSPS) is 41.3. The number of rotatable bonds is 9. The predicted molar refractivity (Wildman–Crippen MR) is 136 cm³/mol. The van der Waals surface area contributed by atoms with Gasteiger partial charge in [0.25, 0.3) is 0 Å². The lowest BCUT2D eigenvalue weighted by Gasteiger charge is -2.61. The largest absolute Gasteiger partial charge is 0.481 e. The lowest BCUT2D eigenvalue weighted by atomic mass is 9.44. The molecule has 4 fully saturated rings. The third kappa shape index (κ3) is 5.19. The van der Waals surface area contributed by atoms with Crippen LogP contribution in [0.1, 0.15) is 104 Å². The van der Waals surface area contributed by atoms with Gasteiger partial charge < -0.3 is 20.7 Å². The van der Waals surface area contributed by atoms with E-state index in [1.165, 1.54) is 38.5 Å². The highest BCUT2D eigenvalue weighted by molar-refractivity contribution is 5.76. The van der Waals surface area contributed by atoms with Crippen molar-refractivity contribution < 1.29 is 29.3 Å². The molecule has 0 radical (unpaired) electrons. The van der Waals surface area contributed by atoms with Gasteiger partial charge in [0, 0.05) is 12.8 Å². The van der Waals surface area contributed by atoms with E-state index in [0.29, 0.717) is 23.2 Å². The van der Waals surface area contributed by atoms with Crippen molar-refractivity contribution in [3.8, 4) is 0 Å². The molecule has 3 unspecified atom stereocenters. The molecular weight excluding hydrogens is 458 g/mol. The molecule has 0 aromatic rings. The Labute approximate surface area is 215 Å². The van der Waals surface area contributed by atoms with Gasteiger partial charge in [-0.3, -0.25) is 14.4 Å². The molecule has 4 saturated carbocycles. The van der Waals surface area contributed by atoms with Crippen LogP contribution in [-0.4, -0.2) is 40.3 Å². The number of carboxylic acid groups (broad SMARTS) is 2. The summed E-state index contributed by atoms with van der Waals surface area (Å²) in [6, 6.07) is -0.866. The van der Waals surface area contributed by atoms with Crippen molar-refractivity contribution in [3.63, 3.8) is 0 Å². The quantitative estimate of drug-likeness (QED) is 0.365. The van der Waals surface area contributed by atoms with Crippen molar-refractivity contribution in [1.82, 2.24) is 0 Å². The molecule has 0 amide bonds. The van der Waals surface area contributed by atoms with E-state index < -0.39 is 23.9 Å². The van der Waals surface area contributed by atoms with Gasteiger partial charge in [0.1, 0.15) is 12.1 Å². The first kappa shape index (κ1) is 27.4.